The first-order chi connectivity index (χ1) is 7.72. The third-order valence-electron chi connectivity index (χ3n) is 2.19. The molecular weight excluding hydrogens is 228 g/mol. The third kappa shape index (κ3) is 1.93. The number of halogens is 1. The number of H-pyrrole nitrogens is 1. The van der Waals surface area contributed by atoms with Crippen LogP contribution in [-0.4, -0.2) is 11.0 Å². The van der Waals surface area contributed by atoms with Crippen molar-refractivity contribution in [1.82, 2.24) is 4.98 Å². The molecule has 0 spiro atoms. The van der Waals surface area contributed by atoms with Crippen LogP contribution in [0.25, 0.3) is 11.1 Å². The number of carbonyl (C=O) groups excluding carboxylic acids is 1. The third-order valence-corrected chi connectivity index (χ3v) is 2.43. The van der Waals surface area contributed by atoms with Gasteiger partial charge in [-0.15, -0.1) is 0 Å². The van der Waals surface area contributed by atoms with Crippen LogP contribution in [0.5, 0.6) is 0 Å². The van der Waals surface area contributed by atoms with Crippen LogP contribution in [0.4, 0.5) is 0 Å². The van der Waals surface area contributed by atoms with Crippen molar-refractivity contribution < 1.29 is 9.63 Å². The van der Waals surface area contributed by atoms with Gasteiger partial charge in [0.1, 0.15) is 5.69 Å². The summed E-state index contributed by atoms with van der Waals surface area (Å²) in [4.78, 5) is 18.3. The molecule has 0 fully saturated rings. The standard InChI is InChI=1S/C11H9ClN2O2/c12-8-3-1-2-7(6-8)9-4-5-14-10(9)11(15)16-13/h1-6,14H,13H2. The molecule has 1 aromatic carbocycles. The van der Waals surface area contributed by atoms with Crippen LogP contribution >= 0.6 is 11.6 Å². The topological polar surface area (TPSA) is 68.1 Å². The summed E-state index contributed by atoms with van der Waals surface area (Å²) in [5.41, 5.74) is 1.84. The summed E-state index contributed by atoms with van der Waals surface area (Å²) in [7, 11) is 0. The first-order valence-electron chi connectivity index (χ1n) is 4.56. The van der Waals surface area contributed by atoms with Gasteiger partial charge in [0.2, 0.25) is 0 Å². The Morgan fingerprint density at radius 3 is 2.88 bits per heavy atom. The van der Waals surface area contributed by atoms with Gasteiger partial charge in [0.15, 0.2) is 0 Å². The molecule has 1 aromatic heterocycles. The highest BCUT2D eigenvalue weighted by molar-refractivity contribution is 6.30. The van der Waals surface area contributed by atoms with Crippen molar-refractivity contribution in [1.29, 1.82) is 0 Å². The van der Waals surface area contributed by atoms with Gasteiger partial charge in [-0.3, -0.25) is 0 Å². The Morgan fingerprint density at radius 2 is 2.19 bits per heavy atom. The molecule has 5 heteroatoms. The van der Waals surface area contributed by atoms with Gasteiger partial charge in [-0.25, -0.2) is 4.79 Å². The van der Waals surface area contributed by atoms with Gasteiger partial charge >= 0.3 is 5.97 Å². The maximum Gasteiger partial charge on any atom is 0.373 e. The van der Waals surface area contributed by atoms with E-state index in [1.54, 1.807) is 24.4 Å². The predicted octanol–water partition coefficient (Wildman–Crippen LogP) is 2.37. The lowest BCUT2D eigenvalue weighted by Gasteiger charge is -2.02. The molecule has 1 heterocycles. The second kappa shape index (κ2) is 4.38. The molecule has 4 nitrogen and oxygen atoms in total. The van der Waals surface area contributed by atoms with Gasteiger partial charge < -0.3 is 9.82 Å². The molecule has 0 radical (unpaired) electrons. The Kier molecular flexibility index (Phi) is 2.94. The fourth-order valence-corrected chi connectivity index (χ4v) is 1.68. The highest BCUT2D eigenvalue weighted by atomic mass is 35.5. The number of benzene rings is 1. The monoisotopic (exact) mass is 236 g/mol. The number of carbonyl (C=O) groups is 1. The van der Waals surface area contributed by atoms with Crippen molar-refractivity contribution in [2.45, 2.75) is 0 Å². The molecule has 0 saturated carbocycles. The lowest BCUT2D eigenvalue weighted by Crippen LogP contribution is -2.11. The van der Waals surface area contributed by atoms with E-state index in [0.29, 0.717) is 16.3 Å². The van der Waals surface area contributed by atoms with Crippen LogP contribution in [0.2, 0.25) is 5.02 Å². The van der Waals surface area contributed by atoms with Crippen molar-refractivity contribution in [3.05, 3.63) is 47.2 Å². The number of nitrogens with one attached hydrogen (secondary N) is 1. The van der Waals surface area contributed by atoms with Crippen molar-refractivity contribution >= 4 is 17.6 Å². The maximum absolute atomic E-state index is 11.3. The fraction of sp³-hybridized carbons (Fsp3) is 0. The molecule has 16 heavy (non-hydrogen) atoms. The SMILES string of the molecule is NOC(=O)c1[nH]ccc1-c1cccc(Cl)c1. The zero-order valence-corrected chi connectivity index (χ0v) is 8.99. The predicted molar refractivity (Wildman–Crippen MR) is 60.8 cm³/mol. The average Bonchev–Trinajstić information content (AvgIpc) is 2.77. The Hall–Kier alpha value is -1.78. The average molecular weight is 237 g/mol. The van der Waals surface area contributed by atoms with Crippen LogP contribution in [0, 0.1) is 0 Å². The molecule has 0 aliphatic heterocycles. The Labute approximate surface area is 96.9 Å². The normalized spacial score (nSPS) is 10.1. The number of nitrogens with two attached hydrogens (primary N) is 1. The van der Waals surface area contributed by atoms with E-state index in [2.05, 4.69) is 9.82 Å². The largest absolute Gasteiger partial charge is 0.373 e. The Morgan fingerprint density at radius 1 is 1.38 bits per heavy atom. The van der Waals surface area contributed by atoms with Gasteiger partial charge in [0.25, 0.3) is 0 Å². The van der Waals surface area contributed by atoms with E-state index in [1.807, 2.05) is 12.1 Å². The smallest absolute Gasteiger partial charge is 0.369 e. The van der Waals surface area contributed by atoms with Crippen molar-refractivity contribution in [3.8, 4) is 11.1 Å². The first-order valence-corrected chi connectivity index (χ1v) is 4.94. The van der Waals surface area contributed by atoms with E-state index in [0.717, 1.165) is 5.56 Å². The molecule has 0 amide bonds. The molecule has 3 N–H and O–H groups in total. The van der Waals surface area contributed by atoms with Crippen LogP contribution < -0.4 is 5.90 Å². The minimum atomic E-state index is -0.611. The molecule has 2 rings (SSSR count). The summed E-state index contributed by atoms with van der Waals surface area (Å²) in [6.07, 6.45) is 1.64. The van der Waals surface area contributed by atoms with E-state index in [9.17, 15) is 4.79 Å². The summed E-state index contributed by atoms with van der Waals surface area (Å²) in [6.45, 7) is 0. The first kappa shape index (κ1) is 10.7. The minimum absolute atomic E-state index is 0.310. The summed E-state index contributed by atoms with van der Waals surface area (Å²) < 4.78 is 0. The van der Waals surface area contributed by atoms with E-state index in [-0.39, 0.29) is 0 Å². The zero-order chi connectivity index (χ0) is 11.5. The number of hydrogen-bond donors (Lipinski definition) is 2. The van der Waals surface area contributed by atoms with E-state index < -0.39 is 5.97 Å². The molecule has 0 atom stereocenters. The summed E-state index contributed by atoms with van der Waals surface area (Å²) in [5.74, 6) is 4.23. The maximum atomic E-state index is 11.3. The van der Waals surface area contributed by atoms with E-state index in [4.69, 9.17) is 17.5 Å². The number of aromatic amines is 1. The summed E-state index contributed by atoms with van der Waals surface area (Å²) >= 11 is 5.88. The summed E-state index contributed by atoms with van der Waals surface area (Å²) in [6, 6.07) is 8.94. The van der Waals surface area contributed by atoms with Gasteiger partial charge in [0, 0.05) is 16.8 Å². The molecule has 0 aliphatic rings. The fourth-order valence-electron chi connectivity index (χ4n) is 1.49. The number of aromatic nitrogens is 1. The highest BCUT2D eigenvalue weighted by Gasteiger charge is 2.14. The second-order valence-electron chi connectivity index (χ2n) is 3.18. The van der Waals surface area contributed by atoms with E-state index in [1.165, 1.54) is 0 Å². The van der Waals surface area contributed by atoms with Crippen LogP contribution in [0.3, 0.4) is 0 Å². The molecule has 82 valence electrons. The zero-order valence-electron chi connectivity index (χ0n) is 8.24. The van der Waals surface area contributed by atoms with Gasteiger partial charge in [-0.1, -0.05) is 23.7 Å². The lowest BCUT2D eigenvalue weighted by molar-refractivity contribution is 0.0498. The number of rotatable bonds is 2. The quantitative estimate of drug-likeness (QED) is 0.787. The van der Waals surface area contributed by atoms with Crippen molar-refractivity contribution in [2.75, 3.05) is 0 Å². The lowest BCUT2D eigenvalue weighted by atomic mass is 10.1. The van der Waals surface area contributed by atoms with Gasteiger partial charge in [0.05, 0.1) is 0 Å². The highest BCUT2D eigenvalue weighted by Crippen LogP contribution is 2.25. The molecular formula is C11H9ClN2O2. The van der Waals surface area contributed by atoms with Crippen LogP contribution in [0.15, 0.2) is 36.5 Å². The van der Waals surface area contributed by atoms with Gasteiger partial charge in [-0.05, 0) is 23.8 Å². The second-order valence-corrected chi connectivity index (χ2v) is 3.62. The molecule has 0 aliphatic carbocycles. The van der Waals surface area contributed by atoms with Crippen molar-refractivity contribution in [2.24, 2.45) is 5.90 Å². The van der Waals surface area contributed by atoms with Crippen molar-refractivity contribution in [3.63, 3.8) is 0 Å². The number of hydrogen-bond acceptors (Lipinski definition) is 3. The molecule has 0 unspecified atom stereocenters. The van der Waals surface area contributed by atoms with Crippen LogP contribution in [0.1, 0.15) is 10.5 Å². The van der Waals surface area contributed by atoms with Gasteiger partial charge in [-0.2, -0.15) is 5.90 Å². The summed E-state index contributed by atoms with van der Waals surface area (Å²) in [5, 5.41) is 0.603. The van der Waals surface area contributed by atoms with E-state index >= 15 is 0 Å². The molecule has 0 bridgehead atoms. The minimum Gasteiger partial charge on any atom is -0.369 e. The Bertz CT molecular complexity index is 522. The van der Waals surface area contributed by atoms with Crippen LogP contribution in [-0.2, 0) is 4.84 Å². The Balaban J connectivity index is 2.48. The molecule has 0 saturated heterocycles. The molecule has 2 aromatic rings.